The fourth-order valence-corrected chi connectivity index (χ4v) is 10.4. The number of benzene rings is 8. The van der Waals surface area contributed by atoms with E-state index in [1.807, 2.05) is 36.4 Å². The summed E-state index contributed by atoms with van der Waals surface area (Å²) in [7, 11) is 0. The largest absolute Gasteiger partial charge is 0.278 e. The van der Waals surface area contributed by atoms with Gasteiger partial charge in [-0.25, -0.2) is 4.98 Å². The summed E-state index contributed by atoms with van der Waals surface area (Å²) < 4.78 is 0. The van der Waals surface area contributed by atoms with Crippen molar-refractivity contribution in [3.05, 3.63) is 239 Å². The van der Waals surface area contributed by atoms with E-state index in [-0.39, 0.29) is 16.7 Å². The van der Waals surface area contributed by atoms with Gasteiger partial charge in [-0.2, -0.15) is 9.97 Å². The van der Waals surface area contributed by atoms with Crippen molar-refractivity contribution in [2.45, 2.75) is 57.3 Å². The van der Waals surface area contributed by atoms with E-state index in [0.29, 0.717) is 17.6 Å². The molecule has 4 heteroatoms. The molecule has 1 aliphatic carbocycles. The average molecular weight is 827 g/mol. The third-order valence-electron chi connectivity index (χ3n) is 13.8. The fraction of sp³-hybridized carbons (Fsp3) is 0.150. The molecule has 4 nitrogen and oxygen atoms in total. The number of rotatable bonds is 6. The number of hydrogen-bond acceptors (Lipinski definition) is 4. The van der Waals surface area contributed by atoms with Crippen LogP contribution in [0.25, 0.3) is 45.0 Å². The minimum absolute atomic E-state index is 0.118. The third-order valence-corrected chi connectivity index (χ3v) is 13.8. The first-order valence-electron chi connectivity index (χ1n) is 22.5. The highest BCUT2D eigenvalue weighted by molar-refractivity contribution is 5.86. The predicted molar refractivity (Wildman–Crippen MR) is 264 cm³/mol. The van der Waals surface area contributed by atoms with Gasteiger partial charge in [0, 0.05) is 27.9 Å². The normalized spacial score (nSPS) is 15.8. The lowest BCUT2D eigenvalue weighted by molar-refractivity contribution is 0.575. The quantitative estimate of drug-likeness (QED) is 0.167. The van der Waals surface area contributed by atoms with Gasteiger partial charge in [-0.3, -0.25) is 4.90 Å². The van der Waals surface area contributed by atoms with Crippen molar-refractivity contribution in [2.75, 3.05) is 4.90 Å². The summed E-state index contributed by atoms with van der Waals surface area (Å²) >= 11 is 0. The number of aryl methyl sites for hydroxylation is 1. The van der Waals surface area contributed by atoms with Crippen molar-refractivity contribution >= 4 is 17.3 Å². The Hall–Kier alpha value is -7.43. The Morgan fingerprint density at radius 3 is 1.47 bits per heavy atom. The molecule has 310 valence electrons. The molecule has 0 bridgehead atoms. The van der Waals surface area contributed by atoms with Gasteiger partial charge in [0.15, 0.2) is 11.6 Å². The van der Waals surface area contributed by atoms with Gasteiger partial charge in [-0.05, 0) is 92.2 Å². The summed E-state index contributed by atoms with van der Waals surface area (Å²) in [6.45, 7) is 9.61. The molecule has 1 aromatic heterocycles. The molecule has 2 heterocycles. The lowest BCUT2D eigenvalue weighted by Gasteiger charge is -2.44. The third kappa shape index (κ3) is 6.82. The van der Waals surface area contributed by atoms with E-state index in [9.17, 15) is 0 Å². The van der Waals surface area contributed by atoms with Gasteiger partial charge >= 0.3 is 0 Å². The molecule has 0 saturated heterocycles. The van der Waals surface area contributed by atoms with Crippen LogP contribution in [0.15, 0.2) is 200 Å². The summed E-state index contributed by atoms with van der Waals surface area (Å²) in [4.78, 5) is 18.1. The Morgan fingerprint density at radius 1 is 0.406 bits per heavy atom. The second-order valence-corrected chi connectivity index (χ2v) is 18.4. The lowest BCUT2D eigenvalue weighted by Crippen LogP contribution is -2.34. The Kier molecular flexibility index (Phi) is 9.69. The maximum atomic E-state index is 5.36. The van der Waals surface area contributed by atoms with Gasteiger partial charge in [0.1, 0.15) is 0 Å². The van der Waals surface area contributed by atoms with Gasteiger partial charge in [0.25, 0.3) is 0 Å². The molecule has 1 unspecified atom stereocenters. The van der Waals surface area contributed by atoms with Crippen LogP contribution in [0.3, 0.4) is 0 Å². The molecular formula is C60H50N4. The van der Waals surface area contributed by atoms with Crippen LogP contribution >= 0.6 is 0 Å². The highest BCUT2D eigenvalue weighted by Crippen LogP contribution is 2.55. The number of aromatic nitrogens is 3. The van der Waals surface area contributed by atoms with Crippen LogP contribution in [0.2, 0.25) is 0 Å². The molecule has 1 aliphatic heterocycles. The molecule has 8 aromatic carbocycles. The van der Waals surface area contributed by atoms with E-state index < -0.39 is 0 Å². The fourth-order valence-electron chi connectivity index (χ4n) is 10.4. The van der Waals surface area contributed by atoms with Crippen LogP contribution in [0.5, 0.6) is 0 Å². The highest BCUT2D eigenvalue weighted by atomic mass is 15.3. The van der Waals surface area contributed by atoms with Crippen molar-refractivity contribution in [2.24, 2.45) is 0 Å². The molecular weight excluding hydrogens is 777 g/mol. The molecule has 1 atom stereocenters. The Morgan fingerprint density at radius 2 is 0.891 bits per heavy atom. The Bertz CT molecular complexity index is 3040. The van der Waals surface area contributed by atoms with Crippen molar-refractivity contribution < 1.29 is 0 Å². The second-order valence-electron chi connectivity index (χ2n) is 18.4. The molecule has 0 amide bonds. The number of anilines is 3. The van der Waals surface area contributed by atoms with Crippen LogP contribution < -0.4 is 4.90 Å². The van der Waals surface area contributed by atoms with Crippen LogP contribution in [0.1, 0.15) is 79.0 Å². The smallest absolute Gasteiger partial charge is 0.238 e. The molecule has 2 aliphatic rings. The molecule has 0 spiro atoms. The molecule has 0 fully saturated rings. The van der Waals surface area contributed by atoms with Crippen LogP contribution in [-0.2, 0) is 17.3 Å². The molecule has 0 radical (unpaired) electrons. The van der Waals surface area contributed by atoms with E-state index in [2.05, 4.69) is 196 Å². The van der Waals surface area contributed by atoms with Crippen LogP contribution in [-0.4, -0.2) is 15.0 Å². The van der Waals surface area contributed by atoms with Crippen molar-refractivity contribution in [1.82, 2.24) is 15.0 Å². The van der Waals surface area contributed by atoms with Crippen LogP contribution in [0.4, 0.5) is 17.3 Å². The number of hydrogen-bond donors (Lipinski definition) is 0. The van der Waals surface area contributed by atoms with Gasteiger partial charge < -0.3 is 0 Å². The van der Waals surface area contributed by atoms with Crippen molar-refractivity contribution in [1.29, 1.82) is 0 Å². The van der Waals surface area contributed by atoms with E-state index in [0.717, 1.165) is 35.3 Å². The maximum absolute atomic E-state index is 5.36. The molecule has 9 aromatic rings. The number of nitrogens with zero attached hydrogens (tertiary/aromatic N) is 4. The van der Waals surface area contributed by atoms with Gasteiger partial charge in [-0.15, -0.1) is 0 Å². The molecule has 11 rings (SSSR count). The van der Waals surface area contributed by atoms with E-state index in [1.165, 1.54) is 61.2 Å². The first-order valence-corrected chi connectivity index (χ1v) is 22.5. The zero-order chi connectivity index (χ0) is 43.4. The molecule has 0 saturated carbocycles. The van der Waals surface area contributed by atoms with E-state index in [4.69, 9.17) is 15.0 Å². The van der Waals surface area contributed by atoms with Gasteiger partial charge in [0.2, 0.25) is 5.95 Å². The summed E-state index contributed by atoms with van der Waals surface area (Å²) in [6, 6.07) is 72.6. The van der Waals surface area contributed by atoms with Crippen LogP contribution in [0, 0.1) is 0 Å². The zero-order valence-corrected chi connectivity index (χ0v) is 36.8. The summed E-state index contributed by atoms with van der Waals surface area (Å²) in [5, 5.41) is 0. The summed E-state index contributed by atoms with van der Waals surface area (Å²) in [5.74, 6) is 2.00. The number of para-hydroxylation sites is 1. The Balaban J connectivity index is 1.19. The minimum atomic E-state index is -0.342. The average Bonchev–Trinajstić information content (AvgIpc) is 3.35. The van der Waals surface area contributed by atoms with Gasteiger partial charge in [-0.1, -0.05) is 210 Å². The van der Waals surface area contributed by atoms with Crippen molar-refractivity contribution in [3.63, 3.8) is 0 Å². The summed E-state index contributed by atoms with van der Waals surface area (Å²) in [5.41, 5.74) is 17.6. The van der Waals surface area contributed by atoms with E-state index >= 15 is 0 Å². The standard InChI is InChI=1S/C60H50N4/c1-59(2)50-30-18-17-25-42(50)33-34-48(47-36-45(40-21-9-5-10-22-40)35-46(37-47)41-23-11-6-12-24-41)49-38-53-55(39-52(49)59)64(54-32-20-19-31-51(54)60(53,3)4)58-62-56(43-26-13-7-14-27-43)61-57(63-58)44-28-15-8-16-29-44/h5-32,35-39,48H,33-34H2,1-4H3. The molecule has 64 heavy (non-hydrogen) atoms. The Labute approximate surface area is 377 Å². The monoisotopic (exact) mass is 826 g/mol. The lowest BCUT2D eigenvalue weighted by atomic mass is 9.65. The number of fused-ring (bicyclic) bond motifs is 4. The summed E-state index contributed by atoms with van der Waals surface area (Å²) in [6.07, 6.45) is 1.95. The zero-order valence-electron chi connectivity index (χ0n) is 36.8. The molecule has 0 N–H and O–H groups in total. The predicted octanol–water partition coefficient (Wildman–Crippen LogP) is 15.1. The minimum Gasteiger partial charge on any atom is -0.278 e. The van der Waals surface area contributed by atoms with Gasteiger partial charge in [0.05, 0.1) is 11.4 Å². The van der Waals surface area contributed by atoms with E-state index in [1.54, 1.807) is 0 Å². The maximum Gasteiger partial charge on any atom is 0.238 e. The highest BCUT2D eigenvalue weighted by Gasteiger charge is 2.42. The first-order chi connectivity index (χ1) is 31.2. The first kappa shape index (κ1) is 39.4. The van der Waals surface area contributed by atoms with Crippen molar-refractivity contribution in [3.8, 4) is 45.0 Å². The second kappa shape index (κ2) is 15.7. The topological polar surface area (TPSA) is 41.9 Å². The SMILES string of the molecule is CC1(C)c2ccccc2CCC(c2cc(-c3ccccc3)cc(-c3ccccc3)c2)c2cc3c(cc21)N(c1nc(-c2ccccc2)nc(-c2ccccc2)n1)c1ccccc1C3(C)C.